The van der Waals surface area contributed by atoms with Crippen LogP contribution in [0.1, 0.15) is 84.1 Å². The maximum atomic E-state index is 12.0. The lowest BCUT2D eigenvalue weighted by Gasteiger charge is -2.58. The van der Waals surface area contributed by atoms with Crippen molar-refractivity contribution in [2.24, 2.45) is 5.41 Å². The van der Waals surface area contributed by atoms with Gasteiger partial charge in [-0.05, 0) is 96.5 Å². The molecule has 282 valence electrons. The fourth-order valence-electron chi connectivity index (χ4n) is 9.46. The van der Waals surface area contributed by atoms with Gasteiger partial charge in [-0.25, -0.2) is 4.98 Å². The number of aromatic amines is 1. The van der Waals surface area contributed by atoms with E-state index in [0.717, 1.165) is 79.3 Å². The molecule has 2 saturated heterocycles. The molecule has 5 aromatic rings. The minimum atomic E-state index is 0.351. The van der Waals surface area contributed by atoms with Crippen molar-refractivity contribution < 1.29 is 19.0 Å². The van der Waals surface area contributed by atoms with Crippen LogP contribution in [0.2, 0.25) is 0 Å². The number of carbonyl (C=O) groups is 1. The molecule has 3 fully saturated rings. The molecule has 1 aliphatic carbocycles. The van der Waals surface area contributed by atoms with Crippen LogP contribution in [-0.2, 0) is 6.54 Å². The molecule has 0 radical (unpaired) electrons. The van der Waals surface area contributed by atoms with Gasteiger partial charge in [0.05, 0.1) is 26.0 Å². The van der Waals surface area contributed by atoms with Crippen LogP contribution in [0.3, 0.4) is 0 Å². The summed E-state index contributed by atoms with van der Waals surface area (Å²) in [6.07, 6.45) is 9.28. The molecule has 9 heteroatoms. The van der Waals surface area contributed by atoms with Gasteiger partial charge in [-0.1, -0.05) is 44.2 Å². The van der Waals surface area contributed by atoms with E-state index < -0.39 is 0 Å². The number of fused-ring (bicyclic) bond motifs is 1. The number of aldehydes is 1. The monoisotopic (exact) mass is 727 g/mol. The third kappa shape index (κ3) is 7.07. The molecule has 3 aliphatic rings. The number of ether oxygens (including phenoxy) is 3. The number of aryl methyl sites for hydroxylation is 1. The van der Waals surface area contributed by atoms with E-state index in [1.54, 1.807) is 20.4 Å². The fraction of sp³-hybridized carbons (Fsp3) is 0.422. The van der Waals surface area contributed by atoms with Gasteiger partial charge in [0.2, 0.25) is 0 Å². The third-order valence-electron chi connectivity index (χ3n) is 12.3. The topological polar surface area (TPSA) is 83.2 Å². The quantitative estimate of drug-likeness (QED) is 0.135. The average Bonchev–Trinajstić information content (AvgIpc) is 3.65. The Labute approximate surface area is 319 Å². The van der Waals surface area contributed by atoms with E-state index in [1.807, 2.05) is 30.5 Å². The predicted octanol–water partition coefficient (Wildman–Crippen LogP) is 8.92. The summed E-state index contributed by atoms with van der Waals surface area (Å²) in [7, 11) is 3.43. The number of nitrogens with zero attached hydrogens (tertiary/aromatic N) is 4. The maximum absolute atomic E-state index is 12.0. The van der Waals surface area contributed by atoms with Crippen molar-refractivity contribution >= 4 is 23.0 Å². The molecule has 1 N–H and O–H groups in total. The first-order valence-corrected chi connectivity index (χ1v) is 19.5. The van der Waals surface area contributed by atoms with Gasteiger partial charge in [-0.15, -0.1) is 0 Å². The molecule has 4 heterocycles. The number of methoxy groups -OCH3 is 2. The second-order valence-electron chi connectivity index (χ2n) is 16.0. The van der Waals surface area contributed by atoms with Gasteiger partial charge in [-0.2, -0.15) is 0 Å². The summed E-state index contributed by atoms with van der Waals surface area (Å²) in [4.78, 5) is 27.5. The highest BCUT2D eigenvalue weighted by Gasteiger charge is 2.50. The van der Waals surface area contributed by atoms with Gasteiger partial charge in [-0.3, -0.25) is 14.6 Å². The van der Waals surface area contributed by atoms with E-state index in [4.69, 9.17) is 14.2 Å². The summed E-state index contributed by atoms with van der Waals surface area (Å²) in [5, 5.41) is 0.971. The number of piperazine rings is 1. The van der Waals surface area contributed by atoms with Crippen molar-refractivity contribution in [2.75, 3.05) is 51.8 Å². The molecule has 9 nitrogen and oxygen atoms in total. The van der Waals surface area contributed by atoms with E-state index in [1.165, 1.54) is 42.4 Å². The van der Waals surface area contributed by atoms with Crippen LogP contribution in [0.5, 0.6) is 23.0 Å². The minimum absolute atomic E-state index is 0.351. The van der Waals surface area contributed by atoms with Gasteiger partial charge in [0, 0.05) is 74.7 Å². The SMILES string of the molecule is COc1cc(CN2CCN(C3CC4(CCN(c5ccc(C=O)c(Oc6cnc7[nH]ccc7c6)c5)CC4)C3)C(c3ccccc3C(C)C)C2)cc(C)c1OC. The predicted molar refractivity (Wildman–Crippen MR) is 214 cm³/mol. The first-order chi connectivity index (χ1) is 26.3. The normalized spacial score (nSPS) is 19.3. The number of carbonyl (C=O) groups excluding carboxylic acids is 1. The Morgan fingerprint density at radius 1 is 0.944 bits per heavy atom. The standard InChI is InChI=1S/C45H53N5O4/c1-30(2)38-8-6-7-9-39(38)40-28-48(27-32-20-31(3)43(53-5)42(21-32)52-4)18-19-50(40)36-24-45(25-36)13-16-49(17-14-45)35-11-10-34(29-51)41(23-35)54-37-22-33-12-15-46-44(33)47-26-37/h6-12,15,20-23,26,29-30,36,40H,13-14,16-19,24-25,27-28H2,1-5H3,(H,46,47). The van der Waals surface area contributed by atoms with Crippen LogP contribution in [-0.4, -0.2) is 79.0 Å². The molecule has 1 atom stereocenters. The van der Waals surface area contributed by atoms with Crippen LogP contribution >= 0.6 is 0 Å². The molecule has 54 heavy (non-hydrogen) atoms. The molecule has 3 aromatic carbocycles. The Bertz CT molecular complexity index is 2110. The zero-order chi connectivity index (χ0) is 37.4. The Morgan fingerprint density at radius 3 is 2.52 bits per heavy atom. The minimum Gasteiger partial charge on any atom is -0.493 e. The second-order valence-corrected chi connectivity index (χ2v) is 16.0. The van der Waals surface area contributed by atoms with Gasteiger partial charge < -0.3 is 24.1 Å². The van der Waals surface area contributed by atoms with Gasteiger partial charge in [0.25, 0.3) is 0 Å². The Kier molecular flexibility index (Phi) is 10.1. The number of H-pyrrole nitrogens is 1. The molecule has 2 aromatic heterocycles. The van der Waals surface area contributed by atoms with Crippen LogP contribution < -0.4 is 19.1 Å². The Hall–Kier alpha value is -4.86. The van der Waals surface area contributed by atoms with E-state index in [2.05, 4.69) is 87.9 Å². The highest BCUT2D eigenvalue weighted by Crippen LogP contribution is 2.53. The Morgan fingerprint density at radius 2 is 1.76 bits per heavy atom. The molecule has 2 aliphatic heterocycles. The van der Waals surface area contributed by atoms with Crippen LogP contribution in [0.4, 0.5) is 5.69 Å². The second kappa shape index (κ2) is 15.1. The molecular formula is C45H53N5O4. The highest BCUT2D eigenvalue weighted by atomic mass is 16.5. The fourth-order valence-corrected chi connectivity index (χ4v) is 9.46. The van der Waals surface area contributed by atoms with E-state index in [9.17, 15) is 4.79 Å². The van der Waals surface area contributed by atoms with E-state index in [-0.39, 0.29) is 0 Å². The number of piperidine rings is 1. The van der Waals surface area contributed by atoms with E-state index in [0.29, 0.717) is 40.5 Å². The summed E-state index contributed by atoms with van der Waals surface area (Å²) >= 11 is 0. The lowest BCUT2D eigenvalue weighted by molar-refractivity contribution is -0.0628. The zero-order valence-electron chi connectivity index (χ0n) is 32.3. The molecule has 0 amide bonds. The first-order valence-electron chi connectivity index (χ1n) is 19.5. The number of rotatable bonds is 11. The van der Waals surface area contributed by atoms with Crippen LogP contribution in [0.25, 0.3) is 11.0 Å². The lowest BCUT2D eigenvalue weighted by atomic mass is 9.59. The molecule has 0 bridgehead atoms. The molecule has 1 saturated carbocycles. The van der Waals surface area contributed by atoms with Crippen molar-refractivity contribution in [1.82, 2.24) is 19.8 Å². The maximum Gasteiger partial charge on any atom is 0.163 e. The molecule has 8 rings (SSSR count). The smallest absolute Gasteiger partial charge is 0.163 e. The van der Waals surface area contributed by atoms with Crippen LogP contribution in [0.15, 0.2) is 79.1 Å². The largest absolute Gasteiger partial charge is 0.493 e. The highest BCUT2D eigenvalue weighted by molar-refractivity contribution is 5.81. The van der Waals surface area contributed by atoms with Crippen molar-refractivity contribution in [3.8, 4) is 23.0 Å². The van der Waals surface area contributed by atoms with Crippen molar-refractivity contribution in [2.45, 2.75) is 71.0 Å². The molecular weight excluding hydrogens is 675 g/mol. The summed E-state index contributed by atoms with van der Waals surface area (Å²) in [6, 6.07) is 24.3. The van der Waals surface area contributed by atoms with Crippen molar-refractivity contribution in [1.29, 1.82) is 0 Å². The third-order valence-corrected chi connectivity index (χ3v) is 12.3. The summed E-state index contributed by atoms with van der Waals surface area (Å²) < 4.78 is 17.6. The average molecular weight is 728 g/mol. The number of hydrogen-bond donors (Lipinski definition) is 1. The zero-order valence-corrected chi connectivity index (χ0v) is 32.3. The first kappa shape index (κ1) is 36.1. The summed E-state index contributed by atoms with van der Waals surface area (Å²) in [5.74, 6) is 3.26. The van der Waals surface area contributed by atoms with E-state index >= 15 is 0 Å². The number of hydrogen-bond acceptors (Lipinski definition) is 8. The number of anilines is 1. The van der Waals surface area contributed by atoms with Crippen LogP contribution in [0, 0.1) is 12.3 Å². The van der Waals surface area contributed by atoms with Gasteiger partial charge in [0.1, 0.15) is 17.1 Å². The van der Waals surface area contributed by atoms with Crippen molar-refractivity contribution in [3.05, 3.63) is 107 Å². The summed E-state index contributed by atoms with van der Waals surface area (Å²) in [6.45, 7) is 12.7. The number of nitrogens with one attached hydrogen (secondary N) is 1. The number of pyridine rings is 1. The number of aromatic nitrogens is 2. The summed E-state index contributed by atoms with van der Waals surface area (Å²) in [5.41, 5.74) is 8.15. The van der Waals surface area contributed by atoms with Gasteiger partial charge in [0.15, 0.2) is 17.8 Å². The molecule has 1 unspecified atom stereocenters. The Balaban J connectivity index is 0.948. The number of benzene rings is 3. The molecule has 1 spiro atoms. The van der Waals surface area contributed by atoms with Crippen molar-refractivity contribution in [3.63, 3.8) is 0 Å². The van der Waals surface area contributed by atoms with Gasteiger partial charge >= 0.3 is 0 Å². The lowest BCUT2D eigenvalue weighted by Crippen LogP contribution is -2.60.